The first-order valence-electron chi connectivity index (χ1n) is 7.92. The fraction of sp³-hybridized carbons (Fsp3) is 0.158. The number of benzene rings is 2. The van der Waals surface area contributed by atoms with Crippen molar-refractivity contribution in [1.82, 2.24) is 9.78 Å². The van der Waals surface area contributed by atoms with E-state index in [1.54, 1.807) is 18.3 Å². The monoisotopic (exact) mass is 321 g/mol. The zero-order chi connectivity index (χ0) is 16.5. The van der Waals surface area contributed by atoms with Crippen LogP contribution in [0.25, 0.3) is 5.69 Å². The number of anilines is 1. The van der Waals surface area contributed by atoms with Crippen molar-refractivity contribution in [3.05, 3.63) is 77.9 Å². The molecule has 1 aliphatic rings. The van der Waals surface area contributed by atoms with E-state index in [0.717, 1.165) is 24.2 Å². The summed E-state index contributed by atoms with van der Waals surface area (Å²) in [7, 11) is 0. The summed E-state index contributed by atoms with van der Waals surface area (Å²) >= 11 is 0. The second kappa shape index (κ2) is 5.92. The first-order chi connectivity index (χ1) is 11.7. The number of nitrogens with one attached hydrogen (secondary N) is 1. The first-order valence-corrected chi connectivity index (χ1v) is 7.92. The number of hydrogen-bond donors (Lipinski definition) is 1. The molecule has 0 radical (unpaired) electrons. The lowest BCUT2D eigenvalue weighted by atomic mass is 10.1. The van der Waals surface area contributed by atoms with Gasteiger partial charge in [0.1, 0.15) is 5.82 Å². The van der Waals surface area contributed by atoms with Gasteiger partial charge in [0, 0.05) is 11.6 Å². The van der Waals surface area contributed by atoms with Gasteiger partial charge in [0.2, 0.25) is 0 Å². The molecule has 120 valence electrons. The summed E-state index contributed by atoms with van der Waals surface area (Å²) < 4.78 is 14.8. The van der Waals surface area contributed by atoms with Crippen molar-refractivity contribution in [3.63, 3.8) is 0 Å². The van der Waals surface area contributed by atoms with Crippen LogP contribution in [0.3, 0.4) is 0 Å². The standard InChI is InChI=1S/C19H16FN3O/c20-14-8-10-15(11-9-14)22-19(24)17-12-21-23(18(17)13-6-7-13)16-4-2-1-3-5-16/h1-5,8-13H,6-7H2,(H,22,24). The molecule has 0 aliphatic heterocycles. The van der Waals surface area contributed by atoms with E-state index >= 15 is 0 Å². The molecule has 0 unspecified atom stereocenters. The molecule has 1 N–H and O–H groups in total. The molecular formula is C19H16FN3O. The lowest BCUT2D eigenvalue weighted by Crippen LogP contribution is -2.14. The lowest BCUT2D eigenvalue weighted by molar-refractivity contribution is 0.102. The van der Waals surface area contributed by atoms with Gasteiger partial charge < -0.3 is 5.32 Å². The molecule has 0 bridgehead atoms. The highest BCUT2D eigenvalue weighted by molar-refractivity contribution is 6.05. The number of carbonyl (C=O) groups excluding carboxylic acids is 1. The predicted molar refractivity (Wildman–Crippen MR) is 89.9 cm³/mol. The van der Waals surface area contributed by atoms with E-state index in [2.05, 4.69) is 10.4 Å². The molecule has 4 rings (SSSR count). The highest BCUT2D eigenvalue weighted by Crippen LogP contribution is 2.42. The van der Waals surface area contributed by atoms with Crippen molar-refractivity contribution in [2.24, 2.45) is 0 Å². The SMILES string of the molecule is O=C(Nc1ccc(F)cc1)c1cnn(-c2ccccc2)c1C1CC1. The van der Waals surface area contributed by atoms with Crippen LogP contribution in [-0.2, 0) is 0 Å². The van der Waals surface area contributed by atoms with Crippen molar-refractivity contribution in [3.8, 4) is 5.69 Å². The molecule has 1 saturated carbocycles. The fourth-order valence-corrected chi connectivity index (χ4v) is 2.79. The molecule has 1 aliphatic carbocycles. The molecule has 0 spiro atoms. The molecule has 2 aromatic carbocycles. The molecular weight excluding hydrogens is 305 g/mol. The third-order valence-corrected chi connectivity index (χ3v) is 4.12. The molecule has 1 heterocycles. The first kappa shape index (κ1) is 14.6. The second-order valence-corrected chi connectivity index (χ2v) is 5.93. The largest absolute Gasteiger partial charge is 0.322 e. The van der Waals surface area contributed by atoms with Crippen LogP contribution in [0.1, 0.15) is 34.8 Å². The average molecular weight is 321 g/mol. The summed E-state index contributed by atoms with van der Waals surface area (Å²) in [5, 5.41) is 7.23. The lowest BCUT2D eigenvalue weighted by Gasteiger charge is -2.09. The number of amides is 1. The van der Waals surface area contributed by atoms with Crippen molar-refractivity contribution < 1.29 is 9.18 Å². The Morgan fingerprint density at radius 1 is 1.08 bits per heavy atom. The van der Waals surface area contributed by atoms with Gasteiger partial charge in [-0.3, -0.25) is 4.79 Å². The Morgan fingerprint density at radius 3 is 2.46 bits per heavy atom. The Bertz CT molecular complexity index is 867. The smallest absolute Gasteiger partial charge is 0.259 e. The minimum Gasteiger partial charge on any atom is -0.322 e. The van der Waals surface area contributed by atoms with Crippen LogP contribution in [0.15, 0.2) is 60.8 Å². The number of para-hydroxylation sites is 1. The van der Waals surface area contributed by atoms with E-state index in [-0.39, 0.29) is 11.7 Å². The predicted octanol–water partition coefficient (Wildman–Crippen LogP) is 4.14. The molecule has 3 aromatic rings. The van der Waals surface area contributed by atoms with E-state index in [1.807, 2.05) is 35.0 Å². The fourth-order valence-electron chi connectivity index (χ4n) is 2.79. The number of rotatable bonds is 4. The van der Waals surface area contributed by atoms with Crippen LogP contribution in [-0.4, -0.2) is 15.7 Å². The number of nitrogens with zero attached hydrogens (tertiary/aromatic N) is 2. The zero-order valence-electron chi connectivity index (χ0n) is 12.9. The number of aromatic nitrogens is 2. The van der Waals surface area contributed by atoms with Gasteiger partial charge in [0.15, 0.2) is 0 Å². The summed E-state index contributed by atoms with van der Waals surface area (Å²) in [4.78, 5) is 12.6. The molecule has 0 atom stereocenters. The number of carbonyl (C=O) groups is 1. The highest BCUT2D eigenvalue weighted by atomic mass is 19.1. The van der Waals surface area contributed by atoms with E-state index in [0.29, 0.717) is 17.2 Å². The summed E-state index contributed by atoms with van der Waals surface area (Å²) in [6, 6.07) is 15.5. The average Bonchev–Trinajstić information content (AvgIpc) is 3.35. The Hall–Kier alpha value is -2.95. The zero-order valence-corrected chi connectivity index (χ0v) is 12.9. The molecule has 0 saturated heterocycles. The van der Waals surface area contributed by atoms with Crippen molar-refractivity contribution >= 4 is 11.6 Å². The van der Waals surface area contributed by atoms with Crippen LogP contribution >= 0.6 is 0 Å². The van der Waals surface area contributed by atoms with Gasteiger partial charge in [-0.1, -0.05) is 18.2 Å². The van der Waals surface area contributed by atoms with Gasteiger partial charge in [0.05, 0.1) is 23.1 Å². The van der Waals surface area contributed by atoms with Gasteiger partial charge in [-0.25, -0.2) is 9.07 Å². The Balaban J connectivity index is 1.67. The number of hydrogen-bond acceptors (Lipinski definition) is 2. The quantitative estimate of drug-likeness (QED) is 0.785. The Kier molecular flexibility index (Phi) is 3.61. The Morgan fingerprint density at radius 2 is 1.79 bits per heavy atom. The van der Waals surface area contributed by atoms with Gasteiger partial charge in [-0.2, -0.15) is 5.10 Å². The van der Waals surface area contributed by atoms with Gasteiger partial charge in [0.25, 0.3) is 5.91 Å². The van der Waals surface area contributed by atoms with Crippen LogP contribution in [0.2, 0.25) is 0 Å². The van der Waals surface area contributed by atoms with Crippen molar-refractivity contribution in [1.29, 1.82) is 0 Å². The third-order valence-electron chi connectivity index (χ3n) is 4.12. The van der Waals surface area contributed by atoms with E-state index in [9.17, 15) is 9.18 Å². The number of halogens is 1. The molecule has 4 nitrogen and oxygen atoms in total. The summed E-state index contributed by atoms with van der Waals surface area (Å²) in [5.74, 6) is -0.184. The molecule has 1 amide bonds. The van der Waals surface area contributed by atoms with Crippen LogP contribution in [0.4, 0.5) is 10.1 Å². The van der Waals surface area contributed by atoms with Crippen LogP contribution in [0.5, 0.6) is 0 Å². The highest BCUT2D eigenvalue weighted by Gasteiger charge is 2.32. The molecule has 1 fully saturated rings. The molecule has 1 aromatic heterocycles. The third kappa shape index (κ3) is 2.80. The minimum absolute atomic E-state index is 0.217. The van der Waals surface area contributed by atoms with Crippen LogP contribution in [0, 0.1) is 5.82 Å². The van der Waals surface area contributed by atoms with Crippen molar-refractivity contribution in [2.75, 3.05) is 5.32 Å². The topological polar surface area (TPSA) is 46.9 Å². The maximum atomic E-state index is 13.0. The molecule has 24 heavy (non-hydrogen) atoms. The maximum absolute atomic E-state index is 13.0. The van der Waals surface area contributed by atoms with Crippen LogP contribution < -0.4 is 5.32 Å². The summed E-state index contributed by atoms with van der Waals surface area (Å²) in [6.45, 7) is 0. The van der Waals surface area contributed by atoms with E-state index < -0.39 is 0 Å². The minimum atomic E-state index is -0.330. The van der Waals surface area contributed by atoms with Gasteiger partial charge in [-0.05, 0) is 49.2 Å². The summed E-state index contributed by atoms with van der Waals surface area (Å²) in [6.07, 6.45) is 3.74. The van der Waals surface area contributed by atoms with Gasteiger partial charge >= 0.3 is 0 Å². The second-order valence-electron chi connectivity index (χ2n) is 5.93. The van der Waals surface area contributed by atoms with E-state index in [1.165, 1.54) is 12.1 Å². The van der Waals surface area contributed by atoms with E-state index in [4.69, 9.17) is 0 Å². The van der Waals surface area contributed by atoms with Gasteiger partial charge in [-0.15, -0.1) is 0 Å². The summed E-state index contributed by atoms with van der Waals surface area (Å²) in [5.41, 5.74) is 3.03. The maximum Gasteiger partial charge on any atom is 0.259 e. The normalized spacial score (nSPS) is 13.7. The Labute approximate surface area is 138 Å². The molecule has 5 heteroatoms. The van der Waals surface area contributed by atoms with Crippen molar-refractivity contribution in [2.45, 2.75) is 18.8 Å².